The van der Waals surface area contributed by atoms with Gasteiger partial charge in [-0.25, -0.2) is 8.42 Å². The molecule has 1 saturated heterocycles. The Morgan fingerprint density at radius 1 is 1.33 bits per heavy atom. The van der Waals surface area contributed by atoms with Crippen LogP contribution in [0, 0.1) is 0 Å². The summed E-state index contributed by atoms with van der Waals surface area (Å²) in [5.74, 6) is 0.354. The van der Waals surface area contributed by atoms with Crippen molar-refractivity contribution in [3.05, 3.63) is 22.2 Å². The van der Waals surface area contributed by atoms with Gasteiger partial charge in [0.1, 0.15) is 15.7 Å². The van der Waals surface area contributed by atoms with Crippen LogP contribution in [0.4, 0.5) is 0 Å². The van der Waals surface area contributed by atoms with E-state index in [-0.39, 0.29) is 21.0 Å². The molecule has 2 rings (SSSR count). The van der Waals surface area contributed by atoms with Gasteiger partial charge in [-0.3, -0.25) is 0 Å². The van der Waals surface area contributed by atoms with Crippen molar-refractivity contribution < 1.29 is 13.2 Å². The third-order valence-corrected chi connectivity index (χ3v) is 6.53. The normalized spacial score (nSPS) is 20.5. The van der Waals surface area contributed by atoms with E-state index >= 15 is 0 Å². The third-order valence-electron chi connectivity index (χ3n) is 3.64. The van der Waals surface area contributed by atoms with Crippen molar-refractivity contribution in [1.29, 1.82) is 0 Å². The van der Waals surface area contributed by atoms with E-state index in [0.29, 0.717) is 18.8 Å². The predicted molar refractivity (Wildman–Crippen MR) is 83.9 cm³/mol. The molecular formula is C13H18Cl2N2O3S. The Bertz CT molecular complexity index is 622. The molecule has 1 atom stereocenters. The smallest absolute Gasteiger partial charge is 0.244 e. The molecule has 1 aromatic rings. The van der Waals surface area contributed by atoms with Crippen LogP contribution in [-0.4, -0.2) is 46.0 Å². The second-order valence-corrected chi connectivity index (χ2v) is 7.55. The van der Waals surface area contributed by atoms with Crippen LogP contribution in [-0.2, 0) is 10.0 Å². The number of benzene rings is 1. The minimum Gasteiger partial charge on any atom is -0.495 e. The molecule has 0 spiro atoms. The SMILES string of the molecule is CNC1CCCN(S(=O)(=O)c2ccc(OC)c(Cl)c2Cl)C1. The molecule has 1 aliphatic rings. The summed E-state index contributed by atoms with van der Waals surface area (Å²) in [4.78, 5) is 0.0201. The maximum absolute atomic E-state index is 12.7. The molecule has 1 fully saturated rings. The van der Waals surface area contributed by atoms with Crippen LogP contribution in [0.5, 0.6) is 5.75 Å². The quantitative estimate of drug-likeness (QED) is 0.903. The number of methoxy groups -OCH3 is 1. The van der Waals surface area contributed by atoms with E-state index in [1.165, 1.54) is 23.5 Å². The molecule has 118 valence electrons. The molecule has 0 radical (unpaired) electrons. The van der Waals surface area contributed by atoms with E-state index in [0.717, 1.165) is 12.8 Å². The zero-order valence-corrected chi connectivity index (χ0v) is 14.2. The van der Waals surface area contributed by atoms with Crippen LogP contribution in [0.25, 0.3) is 0 Å². The van der Waals surface area contributed by atoms with Gasteiger partial charge < -0.3 is 10.1 Å². The van der Waals surface area contributed by atoms with Crippen molar-refractivity contribution in [3.63, 3.8) is 0 Å². The first-order valence-corrected chi connectivity index (χ1v) is 8.80. The van der Waals surface area contributed by atoms with E-state index in [4.69, 9.17) is 27.9 Å². The van der Waals surface area contributed by atoms with Gasteiger partial charge in [-0.15, -0.1) is 0 Å². The first-order chi connectivity index (χ1) is 9.91. The lowest BCUT2D eigenvalue weighted by Crippen LogP contribution is -2.46. The summed E-state index contributed by atoms with van der Waals surface area (Å²) in [6, 6.07) is 3.10. The summed E-state index contributed by atoms with van der Waals surface area (Å²) in [7, 11) is -0.378. The molecule has 0 saturated carbocycles. The molecule has 1 unspecified atom stereocenters. The summed E-state index contributed by atoms with van der Waals surface area (Å²) < 4.78 is 32.0. The maximum atomic E-state index is 12.7. The first-order valence-electron chi connectivity index (χ1n) is 6.61. The third kappa shape index (κ3) is 3.29. The monoisotopic (exact) mass is 352 g/mol. The number of sulfonamides is 1. The van der Waals surface area contributed by atoms with Gasteiger partial charge in [0.15, 0.2) is 0 Å². The number of ether oxygens (including phenoxy) is 1. The molecule has 5 nitrogen and oxygen atoms in total. The van der Waals surface area contributed by atoms with Crippen molar-refractivity contribution in [1.82, 2.24) is 9.62 Å². The van der Waals surface area contributed by atoms with Crippen LogP contribution >= 0.6 is 23.2 Å². The highest BCUT2D eigenvalue weighted by Crippen LogP contribution is 2.38. The number of likely N-dealkylation sites (N-methyl/N-ethyl adjacent to an activating group) is 1. The maximum Gasteiger partial charge on any atom is 0.244 e. The number of halogens is 2. The summed E-state index contributed by atoms with van der Waals surface area (Å²) in [5, 5.41) is 3.23. The van der Waals surface area contributed by atoms with Crippen LogP contribution < -0.4 is 10.1 Å². The number of piperidine rings is 1. The first kappa shape index (κ1) is 16.8. The van der Waals surface area contributed by atoms with Gasteiger partial charge >= 0.3 is 0 Å². The molecule has 0 aromatic heterocycles. The van der Waals surface area contributed by atoms with Crippen molar-refractivity contribution >= 4 is 33.2 Å². The Morgan fingerprint density at radius 3 is 2.67 bits per heavy atom. The van der Waals surface area contributed by atoms with E-state index in [1.54, 1.807) is 0 Å². The Morgan fingerprint density at radius 2 is 2.05 bits per heavy atom. The molecule has 1 aliphatic heterocycles. The lowest BCUT2D eigenvalue weighted by atomic mass is 10.1. The molecule has 0 aliphatic carbocycles. The van der Waals surface area contributed by atoms with Crippen molar-refractivity contribution in [2.24, 2.45) is 0 Å². The lowest BCUT2D eigenvalue weighted by Gasteiger charge is -2.32. The summed E-state index contributed by atoms with van der Waals surface area (Å²) >= 11 is 12.2. The van der Waals surface area contributed by atoms with Gasteiger partial charge in [-0.05, 0) is 32.0 Å². The second-order valence-electron chi connectivity index (χ2n) is 4.88. The minimum atomic E-state index is -3.66. The van der Waals surface area contributed by atoms with Crippen LogP contribution in [0.3, 0.4) is 0 Å². The topological polar surface area (TPSA) is 58.6 Å². The van der Waals surface area contributed by atoms with E-state index < -0.39 is 10.0 Å². The van der Waals surface area contributed by atoms with Crippen LogP contribution in [0.15, 0.2) is 17.0 Å². The summed E-state index contributed by atoms with van der Waals surface area (Å²) in [6.07, 6.45) is 1.77. The Kier molecular flexibility index (Phi) is 5.38. The Hall–Kier alpha value is -0.530. The number of hydrogen-bond acceptors (Lipinski definition) is 4. The van der Waals surface area contributed by atoms with Gasteiger partial charge in [0.05, 0.1) is 12.1 Å². The summed E-state index contributed by atoms with van der Waals surface area (Å²) in [5.41, 5.74) is 0. The molecular weight excluding hydrogens is 335 g/mol. The van der Waals surface area contributed by atoms with Gasteiger partial charge in [0.2, 0.25) is 10.0 Å². The van der Waals surface area contributed by atoms with Crippen LogP contribution in [0.2, 0.25) is 10.0 Å². The Balaban J connectivity index is 2.38. The molecule has 0 bridgehead atoms. The average molecular weight is 353 g/mol. The van der Waals surface area contributed by atoms with E-state index in [9.17, 15) is 8.42 Å². The van der Waals surface area contributed by atoms with E-state index in [1.807, 2.05) is 7.05 Å². The van der Waals surface area contributed by atoms with Crippen molar-refractivity contribution in [2.75, 3.05) is 27.2 Å². The predicted octanol–water partition coefficient (Wildman–Crippen LogP) is 2.37. The standard InChI is InChI=1S/C13H18Cl2N2O3S/c1-16-9-4-3-7-17(8-9)21(18,19)11-6-5-10(20-2)12(14)13(11)15/h5-6,9,16H,3-4,7-8H2,1-2H3. The molecule has 0 amide bonds. The molecule has 1 heterocycles. The van der Waals surface area contributed by atoms with Gasteiger partial charge in [0, 0.05) is 19.1 Å². The summed E-state index contributed by atoms with van der Waals surface area (Å²) in [6.45, 7) is 0.916. The average Bonchev–Trinajstić information content (AvgIpc) is 2.49. The second kappa shape index (κ2) is 6.71. The van der Waals surface area contributed by atoms with Crippen LogP contribution in [0.1, 0.15) is 12.8 Å². The fourth-order valence-corrected chi connectivity index (χ4v) is 4.75. The van der Waals surface area contributed by atoms with Crippen molar-refractivity contribution in [3.8, 4) is 5.75 Å². The zero-order chi connectivity index (χ0) is 15.6. The minimum absolute atomic E-state index is 0.00241. The number of nitrogens with zero attached hydrogens (tertiary/aromatic N) is 1. The highest BCUT2D eigenvalue weighted by atomic mass is 35.5. The largest absolute Gasteiger partial charge is 0.495 e. The van der Waals surface area contributed by atoms with Gasteiger partial charge in [0.25, 0.3) is 0 Å². The van der Waals surface area contributed by atoms with E-state index in [2.05, 4.69) is 5.32 Å². The number of nitrogens with one attached hydrogen (secondary N) is 1. The zero-order valence-electron chi connectivity index (χ0n) is 11.9. The van der Waals surface area contributed by atoms with Gasteiger partial charge in [-0.1, -0.05) is 23.2 Å². The Labute approximate surface area is 135 Å². The molecule has 21 heavy (non-hydrogen) atoms. The fraction of sp³-hybridized carbons (Fsp3) is 0.538. The molecule has 8 heteroatoms. The molecule has 1 aromatic carbocycles. The number of rotatable bonds is 4. The molecule has 1 N–H and O–H groups in total. The lowest BCUT2D eigenvalue weighted by molar-refractivity contribution is 0.293. The highest BCUT2D eigenvalue weighted by molar-refractivity contribution is 7.89. The van der Waals surface area contributed by atoms with Gasteiger partial charge in [-0.2, -0.15) is 4.31 Å². The van der Waals surface area contributed by atoms with Crippen molar-refractivity contribution in [2.45, 2.75) is 23.8 Å². The fourth-order valence-electron chi connectivity index (χ4n) is 2.41. The highest BCUT2D eigenvalue weighted by Gasteiger charge is 2.32. The number of hydrogen-bond donors (Lipinski definition) is 1.